The first-order chi connectivity index (χ1) is 17.4. The van der Waals surface area contributed by atoms with Crippen LogP contribution in [0.1, 0.15) is 50.6 Å². The van der Waals surface area contributed by atoms with Crippen LogP contribution < -0.4 is 0 Å². The van der Waals surface area contributed by atoms with E-state index in [-0.39, 0.29) is 16.4 Å². The molecular weight excluding hydrogens is 476 g/mol. The standard InChI is InChI=1S/C26H28N6O3S/c1-18(33)24-29-21-15-28-25-20(9-14-31(25)36(34,35)19-7-3-2-4-8-19)23(21)32(24)22-16-30(13-6-5-12-27)17-26(22)10-11-26/h2-4,7-9,14-15,18,22,33H,5-6,10-11,13,16-17H2,1H3/t18-,22-/m1/s1. The largest absolute Gasteiger partial charge is 0.385 e. The second-order valence-corrected chi connectivity index (χ2v) is 11.9. The molecule has 0 unspecified atom stereocenters. The smallest absolute Gasteiger partial charge is 0.269 e. The number of benzene rings is 1. The van der Waals surface area contributed by atoms with Crippen molar-refractivity contribution in [1.29, 1.82) is 5.26 Å². The zero-order valence-electron chi connectivity index (χ0n) is 20.1. The number of hydrogen-bond donors (Lipinski definition) is 1. The molecule has 186 valence electrons. The number of nitriles is 1. The van der Waals surface area contributed by atoms with Gasteiger partial charge >= 0.3 is 0 Å². The van der Waals surface area contributed by atoms with Crippen molar-refractivity contribution in [3.05, 3.63) is 54.6 Å². The van der Waals surface area contributed by atoms with E-state index < -0.39 is 16.1 Å². The Morgan fingerprint density at radius 2 is 2.03 bits per heavy atom. The van der Waals surface area contributed by atoms with Gasteiger partial charge in [-0.05, 0) is 50.9 Å². The van der Waals surface area contributed by atoms with E-state index >= 15 is 0 Å². The highest BCUT2D eigenvalue weighted by atomic mass is 32.2. The van der Waals surface area contributed by atoms with Crippen LogP contribution >= 0.6 is 0 Å². The molecule has 3 aromatic heterocycles. The Kier molecular flexibility index (Phi) is 5.41. The molecule has 1 aromatic carbocycles. The zero-order chi connectivity index (χ0) is 25.1. The second-order valence-electron chi connectivity index (χ2n) is 10.0. The number of likely N-dealkylation sites (tertiary alicyclic amines) is 1. The van der Waals surface area contributed by atoms with E-state index in [0.717, 1.165) is 44.4 Å². The minimum Gasteiger partial charge on any atom is -0.385 e. The molecule has 36 heavy (non-hydrogen) atoms. The maximum Gasteiger partial charge on any atom is 0.269 e. The van der Waals surface area contributed by atoms with E-state index in [0.29, 0.717) is 28.8 Å². The molecule has 4 heterocycles. The molecule has 10 heteroatoms. The topological polar surface area (TPSA) is 117 Å². The number of aromatic nitrogens is 4. The van der Waals surface area contributed by atoms with Crippen LogP contribution in [0.25, 0.3) is 22.1 Å². The fraction of sp³-hybridized carbons (Fsp3) is 0.423. The van der Waals surface area contributed by atoms with E-state index in [2.05, 4.69) is 20.5 Å². The van der Waals surface area contributed by atoms with Crippen molar-refractivity contribution in [3.63, 3.8) is 0 Å². The number of imidazole rings is 1. The lowest BCUT2D eigenvalue weighted by atomic mass is 10.00. The summed E-state index contributed by atoms with van der Waals surface area (Å²) in [7, 11) is -3.82. The average Bonchev–Trinajstić information content (AvgIpc) is 3.19. The summed E-state index contributed by atoms with van der Waals surface area (Å²) in [5.74, 6) is 0.577. The maximum atomic E-state index is 13.4. The quantitative estimate of drug-likeness (QED) is 0.382. The Hall–Kier alpha value is -3.26. The molecule has 0 radical (unpaired) electrons. The third-order valence-electron chi connectivity index (χ3n) is 7.67. The van der Waals surface area contributed by atoms with Crippen LogP contribution in [0, 0.1) is 16.7 Å². The van der Waals surface area contributed by atoms with Crippen molar-refractivity contribution in [2.75, 3.05) is 19.6 Å². The van der Waals surface area contributed by atoms with Crippen LogP contribution in [0.2, 0.25) is 0 Å². The SMILES string of the molecule is C[C@@H](O)c1nc2cnc3c(ccn3S(=O)(=O)c3ccccc3)c2n1[C@@H]1CN(CCCC#N)CC12CC2. The fourth-order valence-electron chi connectivity index (χ4n) is 5.79. The highest BCUT2D eigenvalue weighted by molar-refractivity contribution is 7.90. The number of fused-ring (bicyclic) bond motifs is 3. The van der Waals surface area contributed by atoms with Crippen LogP contribution in [0.5, 0.6) is 0 Å². The van der Waals surface area contributed by atoms with Gasteiger partial charge < -0.3 is 14.6 Å². The molecule has 1 saturated heterocycles. The molecule has 1 aliphatic heterocycles. The molecule has 1 spiro atoms. The first-order valence-electron chi connectivity index (χ1n) is 12.3. The third kappa shape index (κ3) is 3.53. The van der Waals surface area contributed by atoms with Gasteiger partial charge in [0, 0.05) is 36.5 Å². The minimum atomic E-state index is -3.82. The van der Waals surface area contributed by atoms with Crippen molar-refractivity contribution in [1.82, 2.24) is 23.4 Å². The van der Waals surface area contributed by atoms with Gasteiger partial charge in [0.1, 0.15) is 17.4 Å². The van der Waals surface area contributed by atoms with Crippen molar-refractivity contribution >= 4 is 32.1 Å². The highest BCUT2D eigenvalue weighted by Gasteiger charge is 2.56. The lowest BCUT2D eigenvalue weighted by Crippen LogP contribution is -2.23. The molecule has 0 bridgehead atoms. The van der Waals surface area contributed by atoms with Gasteiger partial charge in [-0.25, -0.2) is 22.4 Å². The molecule has 0 amide bonds. The summed E-state index contributed by atoms with van der Waals surface area (Å²) >= 11 is 0. The van der Waals surface area contributed by atoms with Crippen LogP contribution in [-0.2, 0) is 10.0 Å². The lowest BCUT2D eigenvalue weighted by Gasteiger charge is -2.23. The van der Waals surface area contributed by atoms with Crippen LogP contribution in [0.4, 0.5) is 0 Å². The molecule has 1 aliphatic carbocycles. The molecule has 6 rings (SSSR count). The number of aliphatic hydroxyl groups is 1. The van der Waals surface area contributed by atoms with Crippen LogP contribution in [-0.4, -0.2) is 56.6 Å². The predicted molar refractivity (Wildman–Crippen MR) is 135 cm³/mol. The number of pyridine rings is 1. The first-order valence-corrected chi connectivity index (χ1v) is 13.8. The molecule has 2 fully saturated rings. The fourth-order valence-corrected chi connectivity index (χ4v) is 7.11. The number of rotatable bonds is 7. The van der Waals surface area contributed by atoms with Gasteiger partial charge in [0.15, 0.2) is 5.65 Å². The summed E-state index contributed by atoms with van der Waals surface area (Å²) in [4.78, 5) is 11.9. The summed E-state index contributed by atoms with van der Waals surface area (Å²) in [5.41, 5.74) is 1.91. The van der Waals surface area contributed by atoms with Gasteiger partial charge in [-0.1, -0.05) is 18.2 Å². The Bertz CT molecular complexity index is 1600. The lowest BCUT2D eigenvalue weighted by molar-refractivity contribution is 0.178. The number of unbranched alkanes of at least 4 members (excludes halogenated alkanes) is 1. The van der Waals surface area contributed by atoms with Crippen LogP contribution in [0.3, 0.4) is 0 Å². The van der Waals surface area contributed by atoms with Crippen molar-refractivity contribution in [2.45, 2.75) is 49.6 Å². The van der Waals surface area contributed by atoms with Crippen LogP contribution in [0.15, 0.2) is 53.7 Å². The Labute approximate surface area is 209 Å². The number of hydrogen-bond acceptors (Lipinski definition) is 7. The highest BCUT2D eigenvalue weighted by Crippen LogP contribution is 2.59. The maximum absolute atomic E-state index is 13.4. The summed E-state index contributed by atoms with van der Waals surface area (Å²) in [6.07, 6.45) is 5.95. The third-order valence-corrected chi connectivity index (χ3v) is 9.35. The average molecular weight is 505 g/mol. The molecular formula is C26H28N6O3S. The first kappa shape index (κ1) is 23.2. The molecule has 9 nitrogen and oxygen atoms in total. The van der Waals surface area contributed by atoms with Gasteiger partial charge in [-0.15, -0.1) is 0 Å². The summed E-state index contributed by atoms with van der Waals surface area (Å²) in [5, 5.41) is 20.3. The van der Waals surface area contributed by atoms with Gasteiger partial charge in [-0.3, -0.25) is 0 Å². The summed E-state index contributed by atoms with van der Waals surface area (Å²) < 4.78 is 30.2. The molecule has 2 aliphatic rings. The Morgan fingerprint density at radius 1 is 1.25 bits per heavy atom. The van der Waals surface area contributed by atoms with Crippen molar-refractivity contribution < 1.29 is 13.5 Å². The Morgan fingerprint density at radius 3 is 2.72 bits per heavy atom. The number of nitrogens with zero attached hydrogens (tertiary/aromatic N) is 6. The molecule has 4 aromatic rings. The summed E-state index contributed by atoms with van der Waals surface area (Å²) in [6, 6.07) is 12.5. The van der Waals surface area contributed by atoms with E-state index in [1.165, 1.54) is 3.97 Å². The van der Waals surface area contributed by atoms with E-state index in [4.69, 9.17) is 10.2 Å². The van der Waals surface area contributed by atoms with E-state index in [1.807, 2.05) is 0 Å². The van der Waals surface area contributed by atoms with Gasteiger partial charge in [-0.2, -0.15) is 5.26 Å². The van der Waals surface area contributed by atoms with E-state index in [1.54, 1.807) is 55.7 Å². The zero-order valence-corrected chi connectivity index (χ0v) is 20.9. The van der Waals surface area contributed by atoms with Gasteiger partial charge in [0.2, 0.25) is 0 Å². The van der Waals surface area contributed by atoms with Gasteiger partial charge in [0.25, 0.3) is 10.0 Å². The normalized spacial score (nSPS) is 20.3. The minimum absolute atomic E-state index is 0.105. The Balaban J connectivity index is 1.51. The second kappa shape index (κ2) is 8.40. The van der Waals surface area contributed by atoms with Crippen molar-refractivity contribution in [3.8, 4) is 6.07 Å². The summed E-state index contributed by atoms with van der Waals surface area (Å²) in [6.45, 7) is 4.35. The van der Waals surface area contributed by atoms with Gasteiger partial charge in [0.05, 0.1) is 28.7 Å². The monoisotopic (exact) mass is 504 g/mol. The van der Waals surface area contributed by atoms with Crippen molar-refractivity contribution in [2.24, 2.45) is 5.41 Å². The molecule has 1 N–H and O–H groups in total. The molecule has 2 atom stereocenters. The molecule has 1 saturated carbocycles. The van der Waals surface area contributed by atoms with E-state index in [9.17, 15) is 13.5 Å². The number of aliphatic hydroxyl groups excluding tert-OH is 1. The predicted octanol–water partition coefficient (Wildman–Crippen LogP) is 3.62.